The number of hydrogen-bond donors (Lipinski definition) is 1. The Morgan fingerprint density at radius 3 is 2.91 bits per heavy atom. The summed E-state index contributed by atoms with van der Waals surface area (Å²) in [7, 11) is 1.52. The van der Waals surface area contributed by atoms with E-state index >= 15 is 0 Å². The van der Waals surface area contributed by atoms with Gasteiger partial charge in [0, 0.05) is 6.54 Å². The Bertz CT molecular complexity index is 535. The molecule has 2 rings (SSSR count). The standard InChI is InChI=1S/C16H22BrNO4/c1-3-22-16(20)13-6-4-5-7-18(13)10-11-8-12(17)15(19)14(9-11)21-2/h8-9,13,19H,3-7,10H2,1-2H3/t13-/m0/s1. The number of aromatic hydroxyl groups is 1. The van der Waals surface area contributed by atoms with Gasteiger partial charge in [0.1, 0.15) is 6.04 Å². The van der Waals surface area contributed by atoms with E-state index in [1.54, 1.807) is 6.07 Å². The lowest BCUT2D eigenvalue weighted by atomic mass is 10.0. The first-order valence-corrected chi connectivity index (χ1v) is 8.32. The summed E-state index contributed by atoms with van der Waals surface area (Å²) < 4.78 is 11.0. The van der Waals surface area contributed by atoms with Crippen molar-refractivity contribution in [2.24, 2.45) is 0 Å². The van der Waals surface area contributed by atoms with Crippen LogP contribution in [0, 0.1) is 0 Å². The van der Waals surface area contributed by atoms with Crippen molar-refractivity contribution in [3.05, 3.63) is 22.2 Å². The van der Waals surface area contributed by atoms with Gasteiger partial charge in [0.05, 0.1) is 18.2 Å². The zero-order chi connectivity index (χ0) is 16.1. The fraction of sp³-hybridized carbons (Fsp3) is 0.562. The molecule has 0 radical (unpaired) electrons. The van der Waals surface area contributed by atoms with Crippen molar-refractivity contribution in [1.29, 1.82) is 0 Å². The molecule has 1 heterocycles. The van der Waals surface area contributed by atoms with Crippen LogP contribution in [0.25, 0.3) is 0 Å². The van der Waals surface area contributed by atoms with Crippen molar-refractivity contribution < 1.29 is 19.4 Å². The Kier molecular flexibility index (Phi) is 6.08. The van der Waals surface area contributed by atoms with E-state index in [4.69, 9.17) is 9.47 Å². The highest BCUT2D eigenvalue weighted by Gasteiger charge is 2.30. The molecular weight excluding hydrogens is 350 g/mol. The minimum atomic E-state index is -0.188. The number of hydrogen-bond acceptors (Lipinski definition) is 5. The van der Waals surface area contributed by atoms with E-state index in [1.807, 2.05) is 13.0 Å². The molecule has 1 aromatic rings. The first-order chi connectivity index (χ1) is 10.6. The number of benzene rings is 1. The van der Waals surface area contributed by atoms with Crippen LogP contribution >= 0.6 is 15.9 Å². The molecule has 0 bridgehead atoms. The molecule has 0 amide bonds. The van der Waals surface area contributed by atoms with E-state index in [1.165, 1.54) is 7.11 Å². The predicted octanol–water partition coefficient (Wildman–Crippen LogP) is 3.08. The van der Waals surface area contributed by atoms with Gasteiger partial charge in [-0.25, -0.2) is 0 Å². The highest BCUT2D eigenvalue weighted by Crippen LogP contribution is 2.36. The van der Waals surface area contributed by atoms with Crippen molar-refractivity contribution in [1.82, 2.24) is 4.90 Å². The maximum absolute atomic E-state index is 12.1. The van der Waals surface area contributed by atoms with E-state index in [0.717, 1.165) is 31.4 Å². The maximum Gasteiger partial charge on any atom is 0.323 e. The van der Waals surface area contributed by atoms with Gasteiger partial charge in [-0.1, -0.05) is 6.42 Å². The summed E-state index contributed by atoms with van der Waals surface area (Å²) in [5.41, 5.74) is 0.984. The molecule has 5 nitrogen and oxygen atoms in total. The van der Waals surface area contributed by atoms with Gasteiger partial charge >= 0.3 is 5.97 Å². The lowest BCUT2D eigenvalue weighted by Crippen LogP contribution is -2.44. The second kappa shape index (κ2) is 7.83. The fourth-order valence-electron chi connectivity index (χ4n) is 2.79. The van der Waals surface area contributed by atoms with E-state index in [0.29, 0.717) is 23.4 Å². The topological polar surface area (TPSA) is 59.0 Å². The van der Waals surface area contributed by atoms with Crippen molar-refractivity contribution in [3.63, 3.8) is 0 Å². The van der Waals surface area contributed by atoms with Crippen LogP contribution in [-0.4, -0.2) is 42.3 Å². The average molecular weight is 372 g/mol. The molecule has 6 heteroatoms. The zero-order valence-electron chi connectivity index (χ0n) is 13.0. The zero-order valence-corrected chi connectivity index (χ0v) is 14.6. The maximum atomic E-state index is 12.1. The third-order valence-corrected chi connectivity index (χ3v) is 4.47. The summed E-state index contributed by atoms with van der Waals surface area (Å²) in [6, 6.07) is 3.47. The van der Waals surface area contributed by atoms with Crippen LogP contribution in [0.4, 0.5) is 0 Å². The van der Waals surface area contributed by atoms with Gasteiger partial charge < -0.3 is 14.6 Å². The molecule has 1 atom stereocenters. The van der Waals surface area contributed by atoms with Crippen LogP contribution in [0.2, 0.25) is 0 Å². The van der Waals surface area contributed by atoms with Gasteiger partial charge in [0.2, 0.25) is 0 Å². The minimum Gasteiger partial charge on any atom is -0.503 e. The Labute approximate surface area is 139 Å². The summed E-state index contributed by atoms with van der Waals surface area (Å²) in [6.45, 7) is 3.72. The van der Waals surface area contributed by atoms with Gasteiger partial charge in [-0.2, -0.15) is 0 Å². The van der Waals surface area contributed by atoms with Crippen LogP contribution in [0.5, 0.6) is 11.5 Å². The largest absolute Gasteiger partial charge is 0.503 e. The molecule has 1 saturated heterocycles. The van der Waals surface area contributed by atoms with E-state index in [-0.39, 0.29) is 17.8 Å². The third-order valence-electron chi connectivity index (χ3n) is 3.87. The number of ether oxygens (including phenoxy) is 2. The lowest BCUT2D eigenvalue weighted by Gasteiger charge is -2.34. The molecule has 1 aromatic carbocycles. The second-order valence-corrected chi connectivity index (χ2v) is 6.22. The van der Waals surface area contributed by atoms with Gasteiger partial charge in [-0.15, -0.1) is 0 Å². The molecule has 0 saturated carbocycles. The van der Waals surface area contributed by atoms with Crippen LogP contribution in [-0.2, 0) is 16.1 Å². The molecule has 0 spiro atoms. The quantitative estimate of drug-likeness (QED) is 0.805. The number of carbonyl (C=O) groups excluding carboxylic acids is 1. The van der Waals surface area contributed by atoms with Gasteiger partial charge in [0.15, 0.2) is 11.5 Å². The van der Waals surface area contributed by atoms with Crippen molar-refractivity contribution in [2.45, 2.75) is 38.8 Å². The van der Waals surface area contributed by atoms with E-state index < -0.39 is 0 Å². The fourth-order valence-corrected chi connectivity index (χ4v) is 3.28. The Morgan fingerprint density at radius 1 is 1.45 bits per heavy atom. The van der Waals surface area contributed by atoms with Crippen LogP contribution in [0.1, 0.15) is 31.7 Å². The van der Waals surface area contributed by atoms with Crippen LogP contribution in [0.15, 0.2) is 16.6 Å². The molecular formula is C16H22BrNO4. The number of likely N-dealkylation sites (tertiary alicyclic amines) is 1. The molecule has 1 aliphatic rings. The highest BCUT2D eigenvalue weighted by molar-refractivity contribution is 9.10. The smallest absolute Gasteiger partial charge is 0.323 e. The third kappa shape index (κ3) is 3.93. The second-order valence-electron chi connectivity index (χ2n) is 5.36. The van der Waals surface area contributed by atoms with E-state index in [2.05, 4.69) is 20.8 Å². The summed E-state index contributed by atoms with van der Waals surface area (Å²) in [5, 5.41) is 9.88. The first-order valence-electron chi connectivity index (χ1n) is 7.52. The summed E-state index contributed by atoms with van der Waals surface area (Å²) >= 11 is 3.33. The number of phenols is 1. The van der Waals surface area contributed by atoms with Crippen molar-refractivity contribution in [2.75, 3.05) is 20.3 Å². The van der Waals surface area contributed by atoms with Crippen molar-refractivity contribution >= 4 is 21.9 Å². The number of carbonyl (C=O) groups is 1. The number of esters is 1. The molecule has 1 aliphatic heterocycles. The number of halogens is 1. The molecule has 1 fully saturated rings. The van der Waals surface area contributed by atoms with Crippen LogP contribution in [0.3, 0.4) is 0 Å². The minimum absolute atomic E-state index is 0.0897. The number of rotatable bonds is 5. The molecule has 0 aromatic heterocycles. The number of phenolic OH excluding ortho intramolecular Hbond substituents is 1. The van der Waals surface area contributed by atoms with E-state index in [9.17, 15) is 9.90 Å². The monoisotopic (exact) mass is 371 g/mol. The predicted molar refractivity (Wildman–Crippen MR) is 87.0 cm³/mol. The number of methoxy groups -OCH3 is 1. The van der Waals surface area contributed by atoms with Gasteiger partial charge in [-0.05, 0) is 59.9 Å². The normalized spacial score (nSPS) is 19.0. The lowest BCUT2D eigenvalue weighted by molar-refractivity contribution is -0.151. The summed E-state index contributed by atoms with van der Waals surface area (Å²) in [6.07, 6.45) is 2.95. The Hall–Kier alpha value is -1.27. The SMILES string of the molecule is CCOC(=O)[C@@H]1CCCCN1Cc1cc(Br)c(O)c(OC)c1. The van der Waals surface area contributed by atoms with Gasteiger partial charge in [0.25, 0.3) is 0 Å². The van der Waals surface area contributed by atoms with Gasteiger partial charge in [-0.3, -0.25) is 9.69 Å². The molecule has 0 aliphatic carbocycles. The molecule has 1 N–H and O–H groups in total. The summed E-state index contributed by atoms with van der Waals surface area (Å²) in [4.78, 5) is 14.2. The average Bonchev–Trinajstić information content (AvgIpc) is 2.51. The molecule has 122 valence electrons. The first kappa shape index (κ1) is 17.1. The summed E-state index contributed by atoms with van der Waals surface area (Å²) in [5.74, 6) is 0.368. The Morgan fingerprint density at radius 2 is 2.23 bits per heavy atom. The molecule has 0 unspecified atom stereocenters. The van der Waals surface area contributed by atoms with Crippen LogP contribution < -0.4 is 4.74 Å². The number of nitrogens with zero attached hydrogens (tertiary/aromatic N) is 1. The van der Waals surface area contributed by atoms with Crippen molar-refractivity contribution in [3.8, 4) is 11.5 Å². The highest BCUT2D eigenvalue weighted by atomic mass is 79.9. The Balaban J connectivity index is 2.16. The molecule has 22 heavy (non-hydrogen) atoms. The number of piperidine rings is 1.